The number of ether oxygens (including phenoxy) is 1. The Morgan fingerprint density at radius 2 is 2.22 bits per heavy atom. The summed E-state index contributed by atoms with van der Waals surface area (Å²) in [6.45, 7) is 3.99. The molecular formula is C17H22N4O2. The van der Waals surface area contributed by atoms with Crippen LogP contribution in [0.3, 0.4) is 0 Å². The average molecular weight is 314 g/mol. The van der Waals surface area contributed by atoms with E-state index in [4.69, 9.17) is 4.74 Å². The van der Waals surface area contributed by atoms with Crippen LogP contribution in [0.2, 0.25) is 0 Å². The number of nitrogens with one attached hydrogen (secondary N) is 1. The summed E-state index contributed by atoms with van der Waals surface area (Å²) >= 11 is 0. The molecule has 0 saturated carbocycles. The SMILES string of the molecule is C[C@@]1(CNC(=O)c2cn(CCc3ccccc3)nn2)CCCO1. The first-order valence-corrected chi connectivity index (χ1v) is 8.01. The van der Waals surface area contributed by atoms with Gasteiger partial charge in [0.25, 0.3) is 5.91 Å². The fourth-order valence-corrected chi connectivity index (χ4v) is 2.73. The Hall–Kier alpha value is -2.21. The van der Waals surface area contributed by atoms with Crippen molar-refractivity contribution in [2.24, 2.45) is 0 Å². The predicted octanol–water partition coefficient (Wildman–Crippen LogP) is 1.82. The highest BCUT2D eigenvalue weighted by molar-refractivity contribution is 5.91. The number of aromatic nitrogens is 3. The largest absolute Gasteiger partial charge is 0.373 e. The highest BCUT2D eigenvalue weighted by atomic mass is 16.5. The molecule has 23 heavy (non-hydrogen) atoms. The maximum Gasteiger partial charge on any atom is 0.273 e. The molecule has 6 nitrogen and oxygen atoms in total. The van der Waals surface area contributed by atoms with Crippen LogP contribution in [0, 0.1) is 0 Å². The Morgan fingerprint density at radius 1 is 1.39 bits per heavy atom. The molecule has 2 aromatic rings. The molecule has 0 unspecified atom stereocenters. The average Bonchev–Trinajstić information content (AvgIpc) is 3.21. The number of carbonyl (C=O) groups excluding carboxylic acids is 1. The summed E-state index contributed by atoms with van der Waals surface area (Å²) in [5.74, 6) is -0.201. The summed E-state index contributed by atoms with van der Waals surface area (Å²) < 4.78 is 7.37. The number of hydrogen-bond acceptors (Lipinski definition) is 4. The molecule has 1 aliphatic rings. The van der Waals surface area contributed by atoms with E-state index in [1.54, 1.807) is 10.9 Å². The van der Waals surface area contributed by atoms with Crippen LogP contribution in [0.1, 0.15) is 35.8 Å². The molecule has 0 spiro atoms. The maximum atomic E-state index is 12.1. The van der Waals surface area contributed by atoms with E-state index >= 15 is 0 Å². The topological polar surface area (TPSA) is 69.0 Å². The molecule has 6 heteroatoms. The lowest BCUT2D eigenvalue weighted by atomic mass is 10.0. The van der Waals surface area contributed by atoms with Crippen molar-refractivity contribution in [2.45, 2.75) is 38.3 Å². The molecule has 1 aromatic carbocycles. The van der Waals surface area contributed by atoms with Gasteiger partial charge in [-0.2, -0.15) is 0 Å². The number of nitrogens with zero attached hydrogens (tertiary/aromatic N) is 3. The van der Waals surface area contributed by atoms with Crippen molar-refractivity contribution >= 4 is 5.91 Å². The van der Waals surface area contributed by atoms with Gasteiger partial charge in [-0.3, -0.25) is 9.48 Å². The van der Waals surface area contributed by atoms with Crippen molar-refractivity contribution in [3.05, 3.63) is 47.8 Å². The molecule has 1 atom stereocenters. The van der Waals surface area contributed by atoms with E-state index in [1.807, 2.05) is 25.1 Å². The molecule has 1 aromatic heterocycles. The van der Waals surface area contributed by atoms with Crippen molar-refractivity contribution < 1.29 is 9.53 Å². The van der Waals surface area contributed by atoms with Gasteiger partial charge in [0, 0.05) is 19.7 Å². The number of hydrogen-bond donors (Lipinski definition) is 1. The van der Waals surface area contributed by atoms with Gasteiger partial charge in [-0.1, -0.05) is 35.5 Å². The minimum atomic E-state index is -0.251. The molecule has 1 saturated heterocycles. The standard InChI is InChI=1S/C17H22N4O2/c1-17(9-5-11-23-17)13-18-16(22)15-12-21(20-19-15)10-8-14-6-3-2-4-7-14/h2-4,6-7,12H,5,8-11,13H2,1H3,(H,18,22)/t17-/m0/s1. The van der Waals surface area contributed by atoms with Crippen LogP contribution in [0.5, 0.6) is 0 Å². The molecule has 1 N–H and O–H groups in total. The molecule has 2 heterocycles. The predicted molar refractivity (Wildman–Crippen MR) is 86.1 cm³/mol. The lowest BCUT2D eigenvalue weighted by Crippen LogP contribution is -2.40. The number of rotatable bonds is 6. The fourth-order valence-electron chi connectivity index (χ4n) is 2.73. The van der Waals surface area contributed by atoms with Crippen molar-refractivity contribution in [2.75, 3.05) is 13.2 Å². The molecule has 0 radical (unpaired) electrons. The third-order valence-electron chi connectivity index (χ3n) is 4.17. The Bertz CT molecular complexity index is 648. The van der Waals surface area contributed by atoms with Crippen molar-refractivity contribution in [1.29, 1.82) is 0 Å². The minimum absolute atomic E-state index is 0.201. The van der Waals surface area contributed by atoms with E-state index in [1.165, 1.54) is 5.56 Å². The summed E-state index contributed by atoms with van der Waals surface area (Å²) in [5.41, 5.74) is 1.33. The first kappa shape index (κ1) is 15.7. The first-order chi connectivity index (χ1) is 11.1. The third kappa shape index (κ3) is 4.16. The van der Waals surface area contributed by atoms with Crippen LogP contribution >= 0.6 is 0 Å². The Labute approximate surface area is 135 Å². The smallest absolute Gasteiger partial charge is 0.273 e. The molecule has 1 fully saturated rings. The van der Waals surface area contributed by atoms with Crippen LogP contribution in [-0.2, 0) is 17.7 Å². The highest BCUT2D eigenvalue weighted by Gasteiger charge is 2.30. The van der Waals surface area contributed by atoms with Crippen LogP contribution in [-0.4, -0.2) is 39.7 Å². The number of aryl methyl sites for hydroxylation is 2. The van der Waals surface area contributed by atoms with Crippen molar-refractivity contribution in [3.8, 4) is 0 Å². The van der Waals surface area contributed by atoms with Crippen molar-refractivity contribution in [1.82, 2.24) is 20.3 Å². The van der Waals surface area contributed by atoms with Gasteiger partial charge >= 0.3 is 0 Å². The number of carbonyl (C=O) groups is 1. The van der Waals surface area contributed by atoms with Crippen LogP contribution in [0.15, 0.2) is 36.5 Å². The zero-order valence-corrected chi connectivity index (χ0v) is 13.4. The zero-order valence-electron chi connectivity index (χ0n) is 13.4. The van der Waals surface area contributed by atoms with E-state index in [0.29, 0.717) is 18.8 Å². The summed E-state index contributed by atoms with van der Waals surface area (Å²) in [6.07, 6.45) is 4.56. The quantitative estimate of drug-likeness (QED) is 0.883. The number of amides is 1. The maximum absolute atomic E-state index is 12.1. The van der Waals surface area contributed by atoms with Crippen LogP contribution in [0.4, 0.5) is 0 Å². The molecule has 1 aliphatic heterocycles. The molecule has 0 bridgehead atoms. The van der Waals surface area contributed by atoms with Crippen LogP contribution in [0.25, 0.3) is 0 Å². The number of benzene rings is 1. The molecule has 1 amide bonds. The molecular weight excluding hydrogens is 292 g/mol. The van der Waals surface area contributed by atoms with Crippen LogP contribution < -0.4 is 5.32 Å². The van der Waals surface area contributed by atoms with E-state index < -0.39 is 0 Å². The monoisotopic (exact) mass is 314 g/mol. The Morgan fingerprint density at radius 3 is 2.96 bits per heavy atom. The lowest BCUT2D eigenvalue weighted by Gasteiger charge is -2.22. The Balaban J connectivity index is 1.51. The second-order valence-electron chi connectivity index (χ2n) is 6.19. The normalized spacial score (nSPS) is 20.6. The zero-order chi connectivity index (χ0) is 16.1. The van der Waals surface area contributed by atoms with Gasteiger partial charge < -0.3 is 10.1 Å². The van der Waals surface area contributed by atoms with Crippen molar-refractivity contribution in [3.63, 3.8) is 0 Å². The van der Waals surface area contributed by atoms with Gasteiger partial charge in [-0.05, 0) is 31.7 Å². The molecule has 0 aliphatic carbocycles. The molecule has 122 valence electrons. The highest BCUT2D eigenvalue weighted by Crippen LogP contribution is 2.23. The Kier molecular flexibility index (Phi) is 4.71. The second-order valence-corrected chi connectivity index (χ2v) is 6.19. The third-order valence-corrected chi connectivity index (χ3v) is 4.17. The first-order valence-electron chi connectivity index (χ1n) is 8.01. The van der Waals surface area contributed by atoms with Gasteiger partial charge in [0.2, 0.25) is 0 Å². The van der Waals surface area contributed by atoms with Gasteiger partial charge in [0.15, 0.2) is 5.69 Å². The summed E-state index contributed by atoms with van der Waals surface area (Å²) in [6, 6.07) is 10.2. The summed E-state index contributed by atoms with van der Waals surface area (Å²) in [5, 5.41) is 10.9. The van der Waals surface area contributed by atoms with E-state index in [0.717, 1.165) is 25.9 Å². The van der Waals surface area contributed by atoms with Gasteiger partial charge in [0.05, 0.1) is 11.8 Å². The summed E-state index contributed by atoms with van der Waals surface area (Å²) in [7, 11) is 0. The van der Waals surface area contributed by atoms with E-state index in [2.05, 4.69) is 27.8 Å². The van der Waals surface area contributed by atoms with E-state index in [9.17, 15) is 4.79 Å². The van der Waals surface area contributed by atoms with Gasteiger partial charge in [-0.15, -0.1) is 5.10 Å². The fraction of sp³-hybridized carbons (Fsp3) is 0.471. The molecule has 3 rings (SSSR count). The van der Waals surface area contributed by atoms with Gasteiger partial charge in [-0.25, -0.2) is 0 Å². The van der Waals surface area contributed by atoms with Gasteiger partial charge in [0.1, 0.15) is 0 Å². The second kappa shape index (κ2) is 6.91. The summed E-state index contributed by atoms with van der Waals surface area (Å²) in [4.78, 5) is 12.1. The lowest BCUT2D eigenvalue weighted by molar-refractivity contribution is 0.0205. The minimum Gasteiger partial charge on any atom is -0.373 e. The van der Waals surface area contributed by atoms with E-state index in [-0.39, 0.29) is 11.5 Å².